The maximum atomic E-state index is 11.7. The van der Waals surface area contributed by atoms with Crippen molar-refractivity contribution in [2.24, 2.45) is 47.3 Å². The number of rotatable bonds is 14. The lowest BCUT2D eigenvalue weighted by atomic mass is 10.1. The zero-order chi connectivity index (χ0) is 87.4. The molecule has 4 aliphatic heterocycles. The number of esters is 3. The predicted octanol–water partition coefficient (Wildman–Crippen LogP) is 19.1. The number of hydrogen-bond donors (Lipinski definition) is 2. The number of carbonyl (C=O) groups excluding carboxylic acids is 3. The highest BCUT2D eigenvalue weighted by Crippen LogP contribution is 2.51. The summed E-state index contributed by atoms with van der Waals surface area (Å²) in [5.41, 5.74) is 10.4. The standard InChI is InChI=1S/C19H19ClN4O2.C17H15ClN4O2.C14H13ClN2O2.C13H13ClN2O.C10H8ClNO2.C7H2BrCl2N.C7H3Cl2N/c1-2-26-19(25)15-7-22-24(11-15)10-12-3-4-17(16(6-21)18(12)20)23-8-13-5-14(13)9-23;18-16-10(8-22-9-13(5-20-22)17(23)24)1-2-15(14(16)4-19)21-6-11-3-12(11)7-21;1-19-14(18)10-2-3-12(11(5-16)13(10)15)17-6-8-4-9(8)7-17;14-13-8(7-17)1-2-12(11(13)4-15)16-5-9-3-10(9)6-16;1-6-3-9(11)7(5-12)4-8(6)10(13)14-2;8-5-1-2-6(9)4(3-11)7(5)10;8-6-2-1-3-7(9)5(6)4-10/h3-4,7,11,13-14H,2,5,8-10H2,1H3;1-2,5,9,11-12H,3,6-8H2,(H,23,24);2-3,8-9H,4,6-7H2,1H3;1-2,9-10,17H,3,5-7H2;3-4H,1-2H3;1-2H;1-3H. The van der Waals surface area contributed by atoms with Gasteiger partial charge in [0.2, 0.25) is 0 Å². The first-order chi connectivity index (χ1) is 58.1. The van der Waals surface area contributed by atoms with Gasteiger partial charge in [-0.3, -0.25) is 9.36 Å². The zero-order valence-corrected chi connectivity index (χ0v) is 73.5. The third kappa shape index (κ3) is 21.7. The van der Waals surface area contributed by atoms with Crippen LogP contribution in [0.4, 0.5) is 22.7 Å². The number of piperidine rings is 4. The molecule has 9 aromatic rings. The number of halogens is 10. The molecule has 0 bridgehead atoms. The molecule has 8 unspecified atom stereocenters. The SMILES string of the molecule is CCOC(=O)c1cnn(Cc2ccc(N3CC4CC4C3)c(C#N)c2Cl)c1.COC(=O)c1cc(C#N)c(Cl)cc1C.COC(=O)c1ccc(N2CC3CC3C2)c(C#N)c1Cl.N#Cc1c(Cl)ccc(Br)c1Cl.N#Cc1c(Cl)cccc1Cl.N#Cc1c(N2CC3CC3C2)ccc(CO)c1Cl.N#Cc1c(N2CC3CC3C2)ccc(Cn2cc(C(=O)O)cn2)c1Cl. The molecule has 34 heteroatoms. The normalized spacial score (nSPS) is 18.6. The Kier molecular flexibility index (Phi) is 30.9. The van der Waals surface area contributed by atoms with Crippen LogP contribution in [0.1, 0.15) is 135 Å². The van der Waals surface area contributed by atoms with Gasteiger partial charge in [0.25, 0.3) is 0 Å². The fourth-order valence-corrected chi connectivity index (χ4v) is 17.5. The minimum Gasteiger partial charge on any atom is -0.478 e. The Hall–Kier alpha value is -10.5. The highest BCUT2D eigenvalue weighted by atomic mass is 79.9. The van der Waals surface area contributed by atoms with E-state index in [2.05, 4.69) is 79.5 Å². The lowest BCUT2D eigenvalue weighted by molar-refractivity contribution is 0.0523. The van der Waals surface area contributed by atoms with Crippen LogP contribution < -0.4 is 19.6 Å². The van der Waals surface area contributed by atoms with Gasteiger partial charge in [0.15, 0.2) is 0 Å². The van der Waals surface area contributed by atoms with Crippen molar-refractivity contribution in [1.82, 2.24) is 19.6 Å². The van der Waals surface area contributed by atoms with Crippen molar-refractivity contribution in [3.8, 4) is 42.5 Å². The number of carbonyl (C=O) groups is 4. The van der Waals surface area contributed by atoms with Crippen LogP contribution in [0, 0.1) is 134 Å². The second kappa shape index (κ2) is 40.9. The quantitative estimate of drug-likeness (QED) is 0.0580. The molecule has 8 aliphatic rings. The smallest absolute Gasteiger partial charge is 0.341 e. The topological polar surface area (TPSA) is 352 Å². The Morgan fingerprint density at radius 1 is 0.446 bits per heavy atom. The van der Waals surface area contributed by atoms with Crippen LogP contribution in [-0.4, -0.2) is 127 Å². The van der Waals surface area contributed by atoms with E-state index in [1.54, 1.807) is 73.3 Å². The number of anilines is 4. The first-order valence-corrected chi connectivity index (χ1v) is 42.0. The van der Waals surface area contributed by atoms with Gasteiger partial charge >= 0.3 is 23.9 Å². The van der Waals surface area contributed by atoms with Crippen molar-refractivity contribution in [2.75, 3.05) is 92.8 Å². The number of aromatic carboxylic acids is 1. The molecule has 17 rings (SSSR count). The van der Waals surface area contributed by atoms with Crippen molar-refractivity contribution in [3.63, 3.8) is 0 Å². The van der Waals surface area contributed by atoms with E-state index in [9.17, 15) is 40.2 Å². The third-order valence-electron chi connectivity index (χ3n) is 21.8. The van der Waals surface area contributed by atoms with Gasteiger partial charge in [0.05, 0.1) is 182 Å². The van der Waals surface area contributed by atoms with E-state index in [1.165, 1.54) is 69.2 Å². The number of hydrogen-bond acceptors (Lipinski definition) is 21. The van der Waals surface area contributed by atoms with Gasteiger partial charge in [-0.2, -0.15) is 47.0 Å². The highest BCUT2D eigenvalue weighted by Gasteiger charge is 2.49. The van der Waals surface area contributed by atoms with Crippen LogP contribution >= 0.6 is 120 Å². The van der Waals surface area contributed by atoms with E-state index in [0.717, 1.165) is 134 Å². The number of aliphatic hydroxyl groups excluding tert-OH is 1. The Morgan fingerprint density at radius 3 is 1.18 bits per heavy atom. The molecule has 4 aliphatic carbocycles. The summed E-state index contributed by atoms with van der Waals surface area (Å²) in [6.45, 7) is 12.4. The molecule has 620 valence electrons. The first-order valence-electron chi connectivity index (χ1n) is 37.8. The van der Waals surface area contributed by atoms with E-state index in [0.29, 0.717) is 120 Å². The van der Waals surface area contributed by atoms with Crippen LogP contribution in [0.3, 0.4) is 0 Å². The molecule has 2 N–H and O–H groups in total. The molecule has 7 aromatic carbocycles. The molecule has 4 saturated heterocycles. The molecule has 8 fully saturated rings. The molecule has 121 heavy (non-hydrogen) atoms. The van der Waals surface area contributed by atoms with Crippen molar-refractivity contribution in [2.45, 2.75) is 59.2 Å². The molecule has 0 amide bonds. The van der Waals surface area contributed by atoms with Gasteiger partial charge in [-0.1, -0.05) is 129 Å². The fraction of sp³-hybridized carbons (Fsp3) is 0.322. The number of benzene rings is 7. The fourth-order valence-electron chi connectivity index (χ4n) is 14.9. The number of ether oxygens (including phenoxy) is 3. The second-order valence-corrected chi connectivity index (χ2v) is 33.9. The summed E-state index contributed by atoms with van der Waals surface area (Å²) >= 11 is 56.9. The number of nitrogens with zero attached hydrogens (tertiary/aromatic N) is 15. The third-order valence-corrected chi connectivity index (χ3v) is 26.0. The van der Waals surface area contributed by atoms with Crippen LogP contribution in [-0.2, 0) is 33.9 Å². The van der Waals surface area contributed by atoms with Gasteiger partial charge in [-0.25, -0.2) is 19.2 Å². The first kappa shape index (κ1) is 91.3. The number of aromatic nitrogens is 4. The summed E-state index contributed by atoms with van der Waals surface area (Å²) in [7, 11) is 2.59. The second-order valence-electron chi connectivity index (χ2n) is 29.5. The minimum atomic E-state index is -1.02. The number of aryl methyl sites for hydroxylation is 1. The maximum absolute atomic E-state index is 11.7. The molecule has 24 nitrogen and oxygen atoms in total. The summed E-state index contributed by atoms with van der Waals surface area (Å²) in [5.74, 6) is 3.89. The minimum absolute atomic E-state index is 0.125. The number of carboxylic acids is 1. The van der Waals surface area contributed by atoms with Crippen molar-refractivity contribution < 1.29 is 43.6 Å². The lowest BCUT2D eigenvalue weighted by Gasteiger charge is -2.22. The Balaban J connectivity index is 0.000000141. The monoisotopic (exact) mass is 1870 g/mol. The molecule has 4 saturated carbocycles. The summed E-state index contributed by atoms with van der Waals surface area (Å²) in [5, 5.41) is 93.1. The summed E-state index contributed by atoms with van der Waals surface area (Å²) in [6, 6.07) is 40.6. The van der Waals surface area contributed by atoms with Gasteiger partial charge in [0.1, 0.15) is 42.5 Å². The number of fused-ring (bicyclic) bond motifs is 4. The number of methoxy groups -OCH3 is 2. The van der Waals surface area contributed by atoms with Crippen LogP contribution in [0.5, 0.6) is 0 Å². The average molecular weight is 1870 g/mol. The Labute approximate surface area is 751 Å². The highest BCUT2D eigenvalue weighted by molar-refractivity contribution is 9.10. The van der Waals surface area contributed by atoms with Crippen LogP contribution in [0.2, 0.25) is 45.2 Å². The van der Waals surface area contributed by atoms with Gasteiger partial charge in [-0.05, 0) is 192 Å². The van der Waals surface area contributed by atoms with E-state index < -0.39 is 23.9 Å². The Morgan fingerprint density at radius 2 is 0.818 bits per heavy atom. The Bertz CT molecular complexity index is 5780. The average Bonchev–Trinajstić information content (AvgIpc) is 1.64. The van der Waals surface area contributed by atoms with Gasteiger partial charge in [-0.15, -0.1) is 0 Å². The van der Waals surface area contributed by atoms with Crippen molar-refractivity contribution in [1.29, 1.82) is 36.8 Å². The van der Waals surface area contributed by atoms with E-state index in [4.69, 9.17) is 135 Å². The molecule has 0 spiro atoms. The molecule has 8 atom stereocenters. The molecular formula is C87H73BrCl9N15O9. The largest absolute Gasteiger partial charge is 0.478 e. The number of carboxylic acid groups (broad SMARTS) is 1. The molecule has 6 heterocycles. The maximum Gasteiger partial charge on any atom is 0.341 e. The van der Waals surface area contributed by atoms with Crippen LogP contribution in [0.25, 0.3) is 0 Å². The molecule has 2 aromatic heterocycles. The summed E-state index contributed by atoms with van der Waals surface area (Å²) in [4.78, 5) is 54.4. The van der Waals surface area contributed by atoms with Gasteiger partial charge in [0, 0.05) is 69.2 Å². The van der Waals surface area contributed by atoms with Crippen LogP contribution in [0.15, 0.2) is 120 Å². The van der Waals surface area contributed by atoms with Gasteiger partial charge < -0.3 is 44.0 Å². The summed E-state index contributed by atoms with van der Waals surface area (Å²) in [6.07, 6.45) is 11.1. The van der Waals surface area contributed by atoms with Crippen molar-refractivity contribution in [3.05, 3.63) is 249 Å². The lowest BCUT2D eigenvalue weighted by Crippen LogP contribution is -2.23. The number of aliphatic hydroxyl groups is 1. The molecule has 0 radical (unpaired) electrons. The predicted molar refractivity (Wildman–Crippen MR) is 465 cm³/mol. The molecular weight excluding hydrogens is 1800 g/mol. The van der Waals surface area contributed by atoms with E-state index in [1.807, 2.05) is 54.6 Å². The zero-order valence-electron chi connectivity index (χ0n) is 65.1. The number of nitriles is 7. The summed E-state index contributed by atoms with van der Waals surface area (Å²) < 4.78 is 18.0. The van der Waals surface area contributed by atoms with Crippen molar-refractivity contribution >= 4 is 167 Å². The van der Waals surface area contributed by atoms with E-state index >= 15 is 0 Å². The van der Waals surface area contributed by atoms with E-state index in [-0.39, 0.29) is 28.3 Å².